The van der Waals surface area contributed by atoms with Gasteiger partial charge in [0.2, 0.25) is 0 Å². The number of aromatic nitrogens is 1. The van der Waals surface area contributed by atoms with Crippen molar-refractivity contribution < 1.29 is 41.9 Å². The predicted octanol–water partition coefficient (Wildman–Crippen LogP) is 8.21. The van der Waals surface area contributed by atoms with E-state index in [4.69, 9.17) is 26.6 Å². The van der Waals surface area contributed by atoms with Crippen molar-refractivity contribution in [2.24, 2.45) is 9.98 Å². The summed E-state index contributed by atoms with van der Waals surface area (Å²) in [6, 6.07) is 18.1. The van der Waals surface area contributed by atoms with Crippen LogP contribution in [-0.4, -0.2) is 16.4 Å². The van der Waals surface area contributed by atoms with Gasteiger partial charge in [0.05, 0.1) is 34.2 Å². The first-order chi connectivity index (χ1) is 24.0. The molecule has 52 heavy (non-hydrogen) atoms. The van der Waals surface area contributed by atoms with Crippen molar-refractivity contribution in [2.45, 2.75) is 166 Å². The van der Waals surface area contributed by atoms with Gasteiger partial charge in [-0.3, -0.25) is 9.98 Å². The third-order valence-corrected chi connectivity index (χ3v) is 12.7. The van der Waals surface area contributed by atoms with E-state index in [1.54, 1.807) is 0 Å². The monoisotopic (exact) mass is 801 g/mol. The van der Waals surface area contributed by atoms with Gasteiger partial charge < -0.3 is 24.8 Å². The van der Waals surface area contributed by atoms with Gasteiger partial charge in [0.1, 0.15) is 0 Å². The molecule has 282 valence electrons. The maximum absolute atomic E-state index is 6.91. The number of hydrogen-bond donors (Lipinski definition) is 0. The fraction of sp³-hybridized carbons (Fsp3) is 0.578. The maximum Gasteiger partial charge on any atom is 2.00 e. The molecule has 4 saturated carbocycles. The molecule has 1 heterocycles. The van der Waals surface area contributed by atoms with Gasteiger partial charge in [-0.05, 0) is 123 Å². The van der Waals surface area contributed by atoms with E-state index in [0.717, 1.165) is 22.8 Å². The van der Waals surface area contributed by atoms with Crippen LogP contribution in [0, 0.1) is 0 Å². The Kier molecular flexibility index (Phi) is 17.3. The minimum atomic E-state index is 0. The minimum absolute atomic E-state index is 0. The second kappa shape index (κ2) is 20.8. The molecule has 0 aliphatic heterocycles. The second-order valence-corrected chi connectivity index (χ2v) is 16.3. The van der Waals surface area contributed by atoms with E-state index in [1.807, 2.05) is 12.1 Å². The van der Waals surface area contributed by atoms with Crippen molar-refractivity contribution in [3.8, 4) is 0 Å². The van der Waals surface area contributed by atoms with Crippen LogP contribution in [0.4, 0.5) is 11.4 Å². The van der Waals surface area contributed by atoms with Crippen LogP contribution in [0.25, 0.3) is 0 Å². The molecule has 0 amide bonds. The summed E-state index contributed by atoms with van der Waals surface area (Å²) in [7, 11) is 0. The topological polar surface area (TPSA) is 37.6 Å². The van der Waals surface area contributed by atoms with Crippen LogP contribution in [0.15, 0.2) is 58.5 Å². The quantitative estimate of drug-likeness (QED) is 0.167. The molecule has 2 aromatic carbocycles. The van der Waals surface area contributed by atoms with E-state index >= 15 is 0 Å². The summed E-state index contributed by atoms with van der Waals surface area (Å²) in [6.45, 7) is 4.27. The van der Waals surface area contributed by atoms with Gasteiger partial charge in [0.25, 0.3) is 0 Å². The van der Waals surface area contributed by atoms with Crippen molar-refractivity contribution in [1.29, 1.82) is 0 Å². The first kappa shape index (κ1) is 43.1. The molecule has 7 heteroatoms. The Morgan fingerprint density at radius 2 is 0.769 bits per heavy atom. The third kappa shape index (κ3) is 10.3. The first-order valence-corrected chi connectivity index (χ1v) is 20.5. The van der Waals surface area contributed by atoms with Gasteiger partial charge in [-0.2, -0.15) is 0 Å². The molecule has 3 nitrogen and oxygen atoms in total. The molecule has 0 N–H and O–H groups in total. The summed E-state index contributed by atoms with van der Waals surface area (Å²) in [4.78, 5) is 16.3. The molecule has 0 unspecified atom stereocenters. The summed E-state index contributed by atoms with van der Waals surface area (Å²) in [6.07, 6.45) is 26.2. The van der Waals surface area contributed by atoms with Crippen LogP contribution in [0.3, 0.4) is 0 Å². The average Bonchev–Trinajstić information content (AvgIpc) is 3.16. The average molecular weight is 803 g/mol. The Hall–Kier alpha value is -1.68. The van der Waals surface area contributed by atoms with E-state index in [9.17, 15) is 0 Å². The number of benzene rings is 2. The number of pyridine rings is 1. The summed E-state index contributed by atoms with van der Waals surface area (Å²) in [5.41, 5.74) is 11.9. The zero-order valence-electron chi connectivity index (χ0n) is 31.4. The van der Waals surface area contributed by atoms with Crippen LogP contribution in [-0.2, 0) is 17.1 Å². The number of hydrogen-bond acceptors (Lipinski definition) is 3. The Morgan fingerprint density at radius 1 is 0.500 bits per heavy atom. The summed E-state index contributed by atoms with van der Waals surface area (Å²) >= 11 is 6.91. The minimum Gasteiger partial charge on any atom is -1.00 e. The molecule has 0 saturated heterocycles. The van der Waals surface area contributed by atoms with E-state index in [-0.39, 0.29) is 41.9 Å². The number of aliphatic imine (C=N–C) groups is 2. The van der Waals surface area contributed by atoms with Gasteiger partial charge >= 0.3 is 17.1 Å². The molecule has 3 aromatic rings. The van der Waals surface area contributed by atoms with E-state index in [2.05, 4.69) is 50.2 Å². The summed E-state index contributed by atoms with van der Waals surface area (Å²) < 4.78 is 0. The molecule has 0 spiro atoms. The van der Waals surface area contributed by atoms with E-state index in [0.29, 0.717) is 28.7 Å². The number of rotatable bonds is 8. The van der Waals surface area contributed by atoms with Crippen LogP contribution in [0.1, 0.15) is 200 Å². The molecular weight excluding hydrogens is 745 g/mol. The van der Waals surface area contributed by atoms with Gasteiger partial charge in [-0.15, -0.1) is 0 Å². The Bertz CT molecular complexity index is 1460. The van der Waals surface area contributed by atoms with Crippen LogP contribution < -0.4 is 24.8 Å². The predicted molar refractivity (Wildman–Crippen MR) is 209 cm³/mol. The molecule has 4 fully saturated rings. The maximum atomic E-state index is 6.91. The van der Waals surface area contributed by atoms with Gasteiger partial charge in [0, 0.05) is 5.02 Å². The SMILES string of the molecule is CC(=Nc1c(C2CCCCC2)cccc1C1CCCCC1)c1cc(Cl)cc(C(C)=Nc2c(C3CCCCC3)cccc2C2CCCCC2)n1.[Cl-].[Cl-].[Fe+2]. The molecule has 7 rings (SSSR count). The van der Waals surface area contributed by atoms with Crippen molar-refractivity contribution >= 4 is 34.4 Å². The van der Waals surface area contributed by atoms with Crippen LogP contribution in [0.5, 0.6) is 0 Å². The van der Waals surface area contributed by atoms with E-state index in [1.165, 1.54) is 162 Å². The van der Waals surface area contributed by atoms with Gasteiger partial charge in [-0.1, -0.05) is 125 Å². The van der Waals surface area contributed by atoms with Crippen molar-refractivity contribution in [3.63, 3.8) is 0 Å². The number of halogens is 3. The van der Waals surface area contributed by atoms with Gasteiger partial charge in [-0.25, -0.2) is 4.98 Å². The molecule has 1 aromatic heterocycles. The smallest absolute Gasteiger partial charge is 1.00 e. The second-order valence-electron chi connectivity index (χ2n) is 15.9. The molecule has 0 bridgehead atoms. The Morgan fingerprint density at radius 3 is 1.04 bits per heavy atom. The van der Waals surface area contributed by atoms with Crippen molar-refractivity contribution in [2.75, 3.05) is 0 Å². The Balaban J connectivity index is 0.00000202. The third-order valence-electron chi connectivity index (χ3n) is 12.5. The molecule has 4 aliphatic carbocycles. The zero-order chi connectivity index (χ0) is 33.6. The normalized spacial score (nSPS) is 20.1. The number of nitrogens with zero attached hydrogens (tertiary/aromatic N) is 3. The molecule has 4 aliphatic rings. The number of para-hydroxylation sites is 2. The molecule has 0 radical (unpaired) electrons. The fourth-order valence-corrected chi connectivity index (χ4v) is 9.91. The molecular formula is C45H58Cl3FeN3. The van der Waals surface area contributed by atoms with Crippen LogP contribution in [0.2, 0.25) is 5.02 Å². The first-order valence-electron chi connectivity index (χ1n) is 20.1. The zero-order valence-corrected chi connectivity index (χ0v) is 34.8. The van der Waals surface area contributed by atoms with Crippen molar-refractivity contribution in [3.05, 3.63) is 87.2 Å². The van der Waals surface area contributed by atoms with Crippen molar-refractivity contribution in [1.82, 2.24) is 4.98 Å². The molecule has 0 atom stereocenters. The fourth-order valence-electron chi connectivity index (χ4n) is 9.71. The summed E-state index contributed by atoms with van der Waals surface area (Å²) in [5, 5.41) is 0.699. The van der Waals surface area contributed by atoms with Crippen LogP contribution >= 0.6 is 11.6 Å². The summed E-state index contributed by atoms with van der Waals surface area (Å²) in [5.74, 6) is 2.40. The van der Waals surface area contributed by atoms with E-state index < -0.39 is 0 Å². The Labute approximate surface area is 342 Å². The standard InChI is InChI=1S/C45H58ClN3.2ClH.Fe/c1-31(47-44-38(33-17-7-3-8-18-33)25-15-26-39(44)34-19-9-4-10-20-34)42-29-37(46)30-43(49-42)32(2)48-45-40(35-21-11-5-12-22-35)27-16-28-41(45)36-23-13-6-14-24-36;;;/h15-16,25-30,33-36H,3-14,17-24H2,1-2H3;2*1H;/q;;;+2/p-2. The largest absolute Gasteiger partial charge is 2.00 e. The van der Waals surface area contributed by atoms with Gasteiger partial charge in [0.15, 0.2) is 0 Å².